The summed E-state index contributed by atoms with van der Waals surface area (Å²) in [6.45, 7) is 16.3. The third-order valence-electron chi connectivity index (χ3n) is 11.1. The topological polar surface area (TPSA) is 23.5 Å². The Kier molecular flexibility index (Phi) is 6.61. The highest BCUT2D eigenvalue weighted by Gasteiger charge is 2.23. The van der Waals surface area contributed by atoms with Crippen LogP contribution >= 0.6 is 0 Å². The first kappa shape index (κ1) is 30.7. The van der Waals surface area contributed by atoms with E-state index in [-0.39, 0.29) is 0 Å². The molecule has 0 N–H and O–H groups in total. The number of benzene rings is 8. The molecule has 11 aromatic rings. The summed E-state index contributed by atoms with van der Waals surface area (Å²) in [7, 11) is 0. The van der Waals surface area contributed by atoms with Gasteiger partial charge in [0.2, 0.25) is 0 Å². The summed E-state index contributed by atoms with van der Waals surface area (Å²) >= 11 is 0. The van der Waals surface area contributed by atoms with Crippen molar-refractivity contribution in [2.24, 2.45) is 0 Å². The average Bonchev–Trinajstić information content (AvgIpc) is 3.88. The minimum atomic E-state index is 0.567. The van der Waals surface area contributed by atoms with Crippen LogP contribution < -0.4 is 0 Å². The molecule has 0 fully saturated rings. The molecule has 254 valence electrons. The molecule has 3 heterocycles. The van der Waals surface area contributed by atoms with Gasteiger partial charge in [0.25, 0.3) is 0 Å². The van der Waals surface area contributed by atoms with E-state index in [1.807, 2.05) is 30.3 Å². The van der Waals surface area contributed by atoms with E-state index in [1.54, 1.807) is 0 Å². The molecule has 0 aliphatic rings. The molecule has 3 aromatic heterocycles. The summed E-state index contributed by atoms with van der Waals surface area (Å²) in [5.74, 6) is 0. The van der Waals surface area contributed by atoms with Gasteiger partial charge < -0.3 is 13.7 Å². The van der Waals surface area contributed by atoms with Crippen molar-refractivity contribution in [1.29, 1.82) is 0 Å². The number of nitrogens with zero attached hydrogens (tertiary/aromatic N) is 5. The maximum Gasteiger partial charge on any atom is 0.197 e. The summed E-state index contributed by atoms with van der Waals surface area (Å²) in [5.41, 5.74) is 12.3. The lowest BCUT2D eigenvalue weighted by Crippen LogP contribution is -2.02. The zero-order chi connectivity index (χ0) is 36.6. The molecule has 5 heteroatoms. The molecular formula is C50H29N5. The number of hydrogen-bond acceptors (Lipinski definition) is 0. The highest BCUT2D eigenvalue weighted by molar-refractivity contribution is 6.14. The van der Waals surface area contributed by atoms with Gasteiger partial charge in [-0.05, 0) is 60.2 Å². The lowest BCUT2D eigenvalue weighted by molar-refractivity contribution is 1.15. The second-order valence-corrected chi connectivity index (χ2v) is 13.9. The fourth-order valence-corrected chi connectivity index (χ4v) is 8.81. The summed E-state index contributed by atoms with van der Waals surface area (Å²) in [5, 5.41) is 6.92. The van der Waals surface area contributed by atoms with Crippen molar-refractivity contribution in [1.82, 2.24) is 13.7 Å². The second kappa shape index (κ2) is 11.8. The van der Waals surface area contributed by atoms with E-state index in [2.05, 4.69) is 169 Å². The maximum absolute atomic E-state index is 8.50. The zero-order valence-corrected chi connectivity index (χ0v) is 29.5. The molecule has 0 spiro atoms. The van der Waals surface area contributed by atoms with Crippen LogP contribution in [-0.2, 0) is 0 Å². The highest BCUT2D eigenvalue weighted by atomic mass is 15.0. The van der Waals surface area contributed by atoms with E-state index in [0.29, 0.717) is 11.4 Å². The molecule has 55 heavy (non-hydrogen) atoms. The van der Waals surface area contributed by atoms with Crippen LogP contribution in [-0.4, -0.2) is 13.7 Å². The molecule has 0 radical (unpaired) electrons. The van der Waals surface area contributed by atoms with Gasteiger partial charge in [0.1, 0.15) is 0 Å². The summed E-state index contributed by atoms with van der Waals surface area (Å²) in [6.07, 6.45) is 0. The lowest BCUT2D eigenvalue weighted by Gasteiger charge is -2.20. The molecule has 0 amide bonds. The molecule has 8 aromatic carbocycles. The Morgan fingerprint density at radius 1 is 0.345 bits per heavy atom. The van der Waals surface area contributed by atoms with Crippen molar-refractivity contribution in [3.05, 3.63) is 199 Å². The standard InChI is InChI=1S/C50H29N5/c1-51-32-26-28-38-36-16-5-10-22-44(36)54(48(38)30-32)46-24-12-7-18-40(46)50-41(52-2)19-13-25-47(50)55-45-23-11-6-17-37(45)39-29-27-33(31-49(39)55)53-42-20-8-3-14-34(42)35-15-4-9-21-43(35)53/h3-31H. The molecule has 0 unspecified atom stereocenters. The lowest BCUT2D eigenvalue weighted by atomic mass is 9.98. The van der Waals surface area contributed by atoms with Crippen LogP contribution in [0.3, 0.4) is 0 Å². The zero-order valence-electron chi connectivity index (χ0n) is 29.5. The van der Waals surface area contributed by atoms with Gasteiger partial charge in [-0.1, -0.05) is 121 Å². The van der Waals surface area contributed by atoms with E-state index < -0.39 is 0 Å². The quantitative estimate of drug-likeness (QED) is 0.163. The number of aromatic nitrogens is 3. The Balaban J connectivity index is 1.23. The highest BCUT2D eigenvalue weighted by Crippen LogP contribution is 2.45. The molecule has 0 saturated carbocycles. The third-order valence-corrected chi connectivity index (χ3v) is 11.1. The number of hydrogen-bond donors (Lipinski definition) is 0. The van der Waals surface area contributed by atoms with Crippen molar-refractivity contribution in [3.8, 4) is 28.2 Å². The predicted octanol–water partition coefficient (Wildman–Crippen LogP) is 13.7. The van der Waals surface area contributed by atoms with Crippen molar-refractivity contribution < 1.29 is 0 Å². The van der Waals surface area contributed by atoms with Crippen LogP contribution in [0.1, 0.15) is 0 Å². The fourth-order valence-electron chi connectivity index (χ4n) is 8.81. The van der Waals surface area contributed by atoms with Gasteiger partial charge in [-0.2, -0.15) is 0 Å². The van der Waals surface area contributed by atoms with E-state index in [0.717, 1.165) is 82.8 Å². The van der Waals surface area contributed by atoms with Crippen LogP contribution in [0.2, 0.25) is 0 Å². The molecule has 0 aliphatic heterocycles. The second-order valence-electron chi connectivity index (χ2n) is 13.9. The van der Waals surface area contributed by atoms with Crippen molar-refractivity contribution in [2.75, 3.05) is 0 Å². The van der Waals surface area contributed by atoms with Crippen LogP contribution in [0.25, 0.3) is 103 Å². The minimum absolute atomic E-state index is 0.567. The molecule has 0 aliphatic carbocycles. The summed E-state index contributed by atoms with van der Waals surface area (Å²) in [4.78, 5) is 7.95. The number of para-hydroxylation sites is 5. The molecule has 0 atom stereocenters. The van der Waals surface area contributed by atoms with Gasteiger partial charge in [-0.25, -0.2) is 9.69 Å². The minimum Gasteiger partial charge on any atom is -0.310 e. The van der Waals surface area contributed by atoms with Gasteiger partial charge >= 0.3 is 0 Å². The van der Waals surface area contributed by atoms with Crippen molar-refractivity contribution >= 4 is 76.8 Å². The first-order valence-electron chi connectivity index (χ1n) is 18.3. The first-order valence-corrected chi connectivity index (χ1v) is 18.3. The number of rotatable bonds is 4. The molecule has 0 saturated heterocycles. The first-order chi connectivity index (χ1) is 27.2. The van der Waals surface area contributed by atoms with Crippen LogP contribution in [0.5, 0.6) is 0 Å². The monoisotopic (exact) mass is 699 g/mol. The predicted molar refractivity (Wildman–Crippen MR) is 227 cm³/mol. The SMILES string of the molecule is [C-]#[N+]c1ccc2c3ccccc3n(-c3ccccc3-c3c([N+]#[C-])cccc3-n3c4ccccc4c4ccc(-n5c6ccccc6c6ccccc65)cc43)c2c1. The Bertz CT molecular complexity index is 3420. The fraction of sp³-hybridized carbons (Fsp3) is 0. The van der Waals surface area contributed by atoms with Gasteiger partial charge in [0.05, 0.1) is 46.4 Å². The Hall–Kier alpha value is -7.86. The van der Waals surface area contributed by atoms with Crippen LogP contribution in [0, 0.1) is 13.1 Å². The van der Waals surface area contributed by atoms with Gasteiger partial charge in [0.15, 0.2) is 11.4 Å². The normalized spacial score (nSPS) is 11.6. The van der Waals surface area contributed by atoms with Gasteiger partial charge in [0, 0.05) is 54.8 Å². The number of fused-ring (bicyclic) bond motifs is 9. The van der Waals surface area contributed by atoms with Gasteiger partial charge in [-0.3, -0.25) is 0 Å². The Morgan fingerprint density at radius 2 is 0.818 bits per heavy atom. The van der Waals surface area contributed by atoms with Crippen LogP contribution in [0.4, 0.5) is 11.4 Å². The van der Waals surface area contributed by atoms with Crippen molar-refractivity contribution in [2.45, 2.75) is 0 Å². The van der Waals surface area contributed by atoms with E-state index in [1.165, 1.54) is 10.8 Å². The van der Waals surface area contributed by atoms with E-state index in [9.17, 15) is 0 Å². The largest absolute Gasteiger partial charge is 0.310 e. The molecular weight excluding hydrogens is 671 g/mol. The van der Waals surface area contributed by atoms with E-state index >= 15 is 0 Å². The summed E-state index contributed by atoms with van der Waals surface area (Å²) < 4.78 is 6.95. The Labute approximate surface area is 316 Å². The van der Waals surface area contributed by atoms with Gasteiger partial charge in [-0.15, -0.1) is 0 Å². The smallest absolute Gasteiger partial charge is 0.197 e. The molecule has 5 nitrogen and oxygen atoms in total. The van der Waals surface area contributed by atoms with Crippen LogP contribution in [0.15, 0.2) is 176 Å². The summed E-state index contributed by atoms with van der Waals surface area (Å²) in [6, 6.07) is 61.2. The Morgan fingerprint density at radius 3 is 1.42 bits per heavy atom. The van der Waals surface area contributed by atoms with E-state index in [4.69, 9.17) is 13.1 Å². The average molecular weight is 700 g/mol. The third kappa shape index (κ3) is 4.39. The molecule has 0 bridgehead atoms. The van der Waals surface area contributed by atoms with Crippen molar-refractivity contribution in [3.63, 3.8) is 0 Å². The maximum atomic E-state index is 8.50. The molecule has 11 rings (SSSR count).